The van der Waals surface area contributed by atoms with E-state index in [9.17, 15) is 0 Å². The first kappa shape index (κ1) is 14.4. The maximum absolute atomic E-state index is 5.70. The van der Waals surface area contributed by atoms with Crippen LogP contribution in [-0.2, 0) is 12.8 Å². The average Bonchev–Trinajstić information content (AvgIpc) is 2.75. The van der Waals surface area contributed by atoms with Gasteiger partial charge in [-0.25, -0.2) is 9.97 Å². The molecular formula is C13H16BrN3OS. The highest BCUT2D eigenvalue weighted by Crippen LogP contribution is 2.17. The van der Waals surface area contributed by atoms with Crippen molar-refractivity contribution in [3.63, 3.8) is 0 Å². The summed E-state index contributed by atoms with van der Waals surface area (Å²) in [6, 6.07) is 1.80. The highest BCUT2D eigenvalue weighted by atomic mass is 79.9. The molecule has 0 bridgehead atoms. The smallest absolute Gasteiger partial charge is 0.217 e. The van der Waals surface area contributed by atoms with Crippen LogP contribution in [0.3, 0.4) is 0 Å². The third kappa shape index (κ3) is 4.24. The molecule has 2 heterocycles. The maximum Gasteiger partial charge on any atom is 0.217 e. The van der Waals surface area contributed by atoms with E-state index in [-0.39, 0.29) is 0 Å². The number of ether oxygens (including phenoxy) is 1. The van der Waals surface area contributed by atoms with Gasteiger partial charge in [-0.2, -0.15) is 4.98 Å². The molecule has 0 aliphatic rings. The quantitative estimate of drug-likeness (QED) is 0.753. The minimum atomic E-state index is 0.609. The molecular weight excluding hydrogens is 326 g/mol. The molecule has 102 valence electrons. The first-order valence-electron chi connectivity index (χ1n) is 6.24. The van der Waals surface area contributed by atoms with Gasteiger partial charge in [-0.05, 0) is 29.3 Å². The van der Waals surface area contributed by atoms with E-state index in [4.69, 9.17) is 4.74 Å². The summed E-state index contributed by atoms with van der Waals surface area (Å²) < 4.78 is 6.47. The minimum absolute atomic E-state index is 0.609. The fraction of sp³-hybridized carbons (Fsp3) is 0.462. The van der Waals surface area contributed by atoms with Crippen LogP contribution >= 0.6 is 27.3 Å². The second-order valence-electron chi connectivity index (χ2n) is 4.15. The lowest BCUT2D eigenvalue weighted by atomic mass is 10.3. The molecule has 2 aromatic rings. The summed E-state index contributed by atoms with van der Waals surface area (Å²) in [7, 11) is 0. The topological polar surface area (TPSA) is 47.9 Å². The molecule has 0 fully saturated rings. The van der Waals surface area contributed by atoms with Gasteiger partial charge in [0, 0.05) is 23.8 Å². The largest absolute Gasteiger partial charge is 0.477 e. The molecule has 6 heteroatoms. The highest BCUT2D eigenvalue weighted by molar-refractivity contribution is 9.10. The van der Waals surface area contributed by atoms with Crippen LogP contribution in [0.4, 0.5) is 0 Å². The number of hydrogen-bond donors (Lipinski definition) is 0. The van der Waals surface area contributed by atoms with E-state index in [1.54, 1.807) is 17.4 Å². The number of nitrogens with zero attached hydrogens (tertiary/aromatic N) is 3. The van der Waals surface area contributed by atoms with E-state index < -0.39 is 0 Å². The Morgan fingerprint density at radius 2 is 2.16 bits per heavy atom. The Kier molecular flexibility index (Phi) is 5.27. The van der Waals surface area contributed by atoms with Gasteiger partial charge >= 0.3 is 0 Å². The Hall–Kier alpha value is -1.01. The van der Waals surface area contributed by atoms with Crippen LogP contribution in [0.1, 0.15) is 29.7 Å². The predicted molar refractivity (Wildman–Crippen MR) is 79.8 cm³/mol. The standard InChI is InChI=1S/C13H16BrN3OS/c1-3-4-12-16-11(14)7-13(17-12)18-6-5-10-9(2)15-8-19-10/h7-8H,3-6H2,1-2H3. The molecule has 0 spiro atoms. The Morgan fingerprint density at radius 3 is 2.84 bits per heavy atom. The van der Waals surface area contributed by atoms with Crippen LogP contribution in [0, 0.1) is 6.92 Å². The number of hydrogen-bond acceptors (Lipinski definition) is 5. The van der Waals surface area contributed by atoms with Gasteiger partial charge in [0.25, 0.3) is 0 Å². The summed E-state index contributed by atoms with van der Waals surface area (Å²) in [6.45, 7) is 4.74. The fourth-order valence-electron chi connectivity index (χ4n) is 1.67. The van der Waals surface area contributed by atoms with Crippen molar-refractivity contribution in [1.82, 2.24) is 15.0 Å². The zero-order valence-corrected chi connectivity index (χ0v) is 13.4. The van der Waals surface area contributed by atoms with Gasteiger partial charge in [-0.3, -0.25) is 0 Å². The molecule has 0 saturated carbocycles. The third-order valence-corrected chi connectivity index (χ3v) is 4.02. The normalized spacial score (nSPS) is 10.7. The molecule has 19 heavy (non-hydrogen) atoms. The fourth-order valence-corrected chi connectivity index (χ4v) is 2.83. The zero-order chi connectivity index (χ0) is 13.7. The molecule has 0 aliphatic carbocycles. The minimum Gasteiger partial charge on any atom is -0.477 e. The average molecular weight is 342 g/mol. The van der Waals surface area contributed by atoms with Gasteiger partial charge in [-0.1, -0.05) is 6.92 Å². The monoisotopic (exact) mass is 341 g/mol. The summed E-state index contributed by atoms with van der Waals surface area (Å²) in [5.74, 6) is 1.45. The second-order valence-corrected chi connectivity index (χ2v) is 5.91. The Bertz CT molecular complexity index is 544. The summed E-state index contributed by atoms with van der Waals surface area (Å²) in [5, 5.41) is 0. The molecule has 0 radical (unpaired) electrons. The first-order chi connectivity index (χ1) is 9.19. The summed E-state index contributed by atoms with van der Waals surface area (Å²) in [6.07, 6.45) is 2.75. The van der Waals surface area contributed by atoms with E-state index in [0.29, 0.717) is 12.5 Å². The van der Waals surface area contributed by atoms with Gasteiger partial charge in [0.05, 0.1) is 17.8 Å². The number of halogens is 1. The molecule has 0 aliphatic heterocycles. The summed E-state index contributed by atoms with van der Waals surface area (Å²) >= 11 is 5.05. The molecule has 0 N–H and O–H groups in total. The van der Waals surface area contributed by atoms with Gasteiger partial charge < -0.3 is 4.74 Å². The van der Waals surface area contributed by atoms with Gasteiger partial charge in [0.2, 0.25) is 5.88 Å². The first-order valence-corrected chi connectivity index (χ1v) is 7.91. The lowest BCUT2D eigenvalue weighted by Crippen LogP contribution is -2.05. The number of rotatable bonds is 6. The Morgan fingerprint density at radius 1 is 1.32 bits per heavy atom. The van der Waals surface area contributed by atoms with Gasteiger partial charge in [0.15, 0.2) is 0 Å². The van der Waals surface area contributed by atoms with Crippen molar-refractivity contribution in [3.8, 4) is 5.88 Å². The second kappa shape index (κ2) is 6.96. The third-order valence-electron chi connectivity index (χ3n) is 2.62. The van der Waals surface area contributed by atoms with E-state index >= 15 is 0 Å². The van der Waals surface area contributed by atoms with Crippen LogP contribution < -0.4 is 4.74 Å². The van der Waals surface area contributed by atoms with Crippen molar-refractivity contribution < 1.29 is 4.74 Å². The molecule has 0 atom stereocenters. The molecule has 4 nitrogen and oxygen atoms in total. The van der Waals surface area contributed by atoms with Crippen LogP contribution in [-0.4, -0.2) is 21.6 Å². The highest BCUT2D eigenvalue weighted by Gasteiger charge is 2.05. The molecule has 0 aromatic carbocycles. The Labute approximate surface area is 125 Å². The number of thiazole rings is 1. The van der Waals surface area contributed by atoms with Crippen molar-refractivity contribution in [1.29, 1.82) is 0 Å². The SMILES string of the molecule is CCCc1nc(Br)cc(OCCc2scnc2C)n1. The van der Waals surface area contributed by atoms with Crippen molar-refractivity contribution in [2.75, 3.05) is 6.61 Å². The van der Waals surface area contributed by atoms with Crippen molar-refractivity contribution in [3.05, 3.63) is 32.6 Å². The Balaban J connectivity index is 1.94. The van der Waals surface area contributed by atoms with Gasteiger partial charge in [0.1, 0.15) is 10.4 Å². The van der Waals surface area contributed by atoms with E-state index in [2.05, 4.69) is 37.8 Å². The number of aryl methyl sites for hydroxylation is 2. The molecule has 0 saturated heterocycles. The number of aromatic nitrogens is 3. The van der Waals surface area contributed by atoms with Gasteiger partial charge in [-0.15, -0.1) is 11.3 Å². The lowest BCUT2D eigenvalue weighted by Gasteiger charge is -2.06. The molecule has 2 aromatic heterocycles. The van der Waals surface area contributed by atoms with E-state index in [1.807, 2.05) is 12.4 Å². The maximum atomic E-state index is 5.70. The summed E-state index contributed by atoms with van der Waals surface area (Å²) in [5.41, 5.74) is 2.95. The van der Waals surface area contributed by atoms with Crippen LogP contribution in [0.15, 0.2) is 16.2 Å². The van der Waals surface area contributed by atoms with Crippen molar-refractivity contribution >= 4 is 27.3 Å². The van der Waals surface area contributed by atoms with Crippen LogP contribution in [0.5, 0.6) is 5.88 Å². The van der Waals surface area contributed by atoms with Crippen molar-refractivity contribution in [2.45, 2.75) is 33.1 Å². The van der Waals surface area contributed by atoms with E-state index in [0.717, 1.165) is 35.4 Å². The summed E-state index contributed by atoms with van der Waals surface area (Å²) in [4.78, 5) is 14.2. The zero-order valence-electron chi connectivity index (χ0n) is 11.0. The van der Waals surface area contributed by atoms with Crippen molar-refractivity contribution in [2.24, 2.45) is 0 Å². The van der Waals surface area contributed by atoms with E-state index in [1.165, 1.54) is 4.88 Å². The van der Waals surface area contributed by atoms with Crippen LogP contribution in [0.25, 0.3) is 0 Å². The predicted octanol–water partition coefficient (Wildman–Crippen LogP) is 3.58. The molecule has 0 unspecified atom stereocenters. The van der Waals surface area contributed by atoms with Crippen LogP contribution in [0.2, 0.25) is 0 Å². The molecule has 2 rings (SSSR count). The lowest BCUT2D eigenvalue weighted by molar-refractivity contribution is 0.308. The molecule has 0 amide bonds.